The Morgan fingerprint density at radius 3 is 2.78 bits per heavy atom. The van der Waals surface area contributed by atoms with Gasteiger partial charge in [-0.25, -0.2) is 4.98 Å². The number of hydrogen-bond acceptors (Lipinski definition) is 5. The molecule has 1 N–H and O–H groups in total. The summed E-state index contributed by atoms with van der Waals surface area (Å²) in [6.45, 7) is 2.80. The predicted octanol–water partition coefficient (Wildman–Crippen LogP) is 4.60. The lowest BCUT2D eigenvalue weighted by molar-refractivity contribution is 0.405. The molecule has 0 radical (unpaired) electrons. The topological polar surface area (TPSA) is 34.1 Å². The minimum absolute atomic E-state index is 0.216. The number of methoxy groups -OCH3 is 1. The molecule has 0 bridgehead atoms. The number of thiophene rings is 1. The second-order valence-corrected chi connectivity index (χ2v) is 7.08. The highest BCUT2D eigenvalue weighted by atomic mass is 32.1. The first-order valence-electron chi connectivity index (χ1n) is 7.54. The normalized spacial score (nSPS) is 12.3. The summed E-state index contributed by atoms with van der Waals surface area (Å²) in [7, 11) is 1.71. The van der Waals surface area contributed by atoms with Crippen molar-refractivity contribution in [2.75, 3.05) is 7.11 Å². The number of para-hydroxylation sites is 1. The second kappa shape index (κ2) is 7.73. The molecule has 0 spiro atoms. The molecular formula is C18H20N2OS2. The van der Waals surface area contributed by atoms with Crippen LogP contribution in [0.15, 0.2) is 46.5 Å². The van der Waals surface area contributed by atoms with Crippen molar-refractivity contribution in [1.29, 1.82) is 0 Å². The fraction of sp³-hybridized carbons (Fsp3) is 0.278. The van der Waals surface area contributed by atoms with Crippen LogP contribution in [0.4, 0.5) is 0 Å². The largest absolute Gasteiger partial charge is 0.496 e. The van der Waals surface area contributed by atoms with E-state index in [0.29, 0.717) is 0 Å². The maximum Gasteiger partial charge on any atom is 0.123 e. The third-order valence-electron chi connectivity index (χ3n) is 3.69. The van der Waals surface area contributed by atoms with E-state index in [1.54, 1.807) is 29.8 Å². The van der Waals surface area contributed by atoms with Crippen molar-refractivity contribution < 1.29 is 4.74 Å². The Kier molecular flexibility index (Phi) is 5.43. The summed E-state index contributed by atoms with van der Waals surface area (Å²) >= 11 is 3.46. The summed E-state index contributed by atoms with van der Waals surface area (Å²) < 4.78 is 5.44. The molecule has 3 rings (SSSR count). The summed E-state index contributed by atoms with van der Waals surface area (Å²) in [6.07, 6.45) is 0.950. The van der Waals surface area contributed by atoms with Gasteiger partial charge in [0.2, 0.25) is 0 Å². The van der Waals surface area contributed by atoms with Crippen LogP contribution in [0.2, 0.25) is 0 Å². The molecule has 0 aliphatic rings. The molecule has 0 aliphatic carbocycles. The third kappa shape index (κ3) is 4.19. The van der Waals surface area contributed by atoms with E-state index in [0.717, 1.165) is 29.4 Å². The van der Waals surface area contributed by atoms with E-state index in [4.69, 9.17) is 4.74 Å². The smallest absolute Gasteiger partial charge is 0.123 e. The first kappa shape index (κ1) is 16.2. The number of benzene rings is 1. The molecule has 2 heterocycles. The van der Waals surface area contributed by atoms with Gasteiger partial charge in [-0.15, -0.1) is 11.3 Å². The average molecular weight is 345 g/mol. The van der Waals surface area contributed by atoms with Gasteiger partial charge in [-0.05, 0) is 41.8 Å². The maximum absolute atomic E-state index is 5.44. The summed E-state index contributed by atoms with van der Waals surface area (Å²) in [5.41, 5.74) is 3.60. The molecule has 5 heteroatoms. The Balaban J connectivity index is 1.75. The fourth-order valence-electron chi connectivity index (χ4n) is 2.51. The molecule has 23 heavy (non-hydrogen) atoms. The summed E-state index contributed by atoms with van der Waals surface area (Å²) in [6, 6.07) is 10.5. The lowest BCUT2D eigenvalue weighted by Crippen LogP contribution is -2.23. The van der Waals surface area contributed by atoms with Crippen LogP contribution in [0.5, 0.6) is 5.75 Å². The number of nitrogens with one attached hydrogen (secondary N) is 1. The van der Waals surface area contributed by atoms with E-state index in [1.807, 2.05) is 25.1 Å². The molecule has 0 aliphatic heterocycles. The highest BCUT2D eigenvalue weighted by Gasteiger charge is 2.16. The van der Waals surface area contributed by atoms with Crippen LogP contribution in [0.1, 0.15) is 27.9 Å². The molecule has 1 atom stereocenters. The molecule has 120 valence electrons. The number of ether oxygens (including phenoxy) is 1. The summed E-state index contributed by atoms with van der Waals surface area (Å²) in [5.74, 6) is 0.921. The first-order chi connectivity index (χ1) is 11.3. The SMILES string of the molecule is COc1ccccc1CNC(Cc1ccsc1)c1nc(C)cs1. The number of nitrogens with zero attached hydrogens (tertiary/aromatic N) is 1. The van der Waals surface area contributed by atoms with Crippen molar-refractivity contribution in [3.8, 4) is 5.75 Å². The van der Waals surface area contributed by atoms with E-state index in [2.05, 4.69) is 38.6 Å². The summed E-state index contributed by atoms with van der Waals surface area (Å²) in [4.78, 5) is 4.67. The van der Waals surface area contributed by atoms with Gasteiger partial charge in [0.25, 0.3) is 0 Å². The van der Waals surface area contributed by atoms with E-state index >= 15 is 0 Å². The van der Waals surface area contributed by atoms with Crippen LogP contribution in [0.25, 0.3) is 0 Å². The van der Waals surface area contributed by atoms with Crippen molar-refractivity contribution in [3.05, 3.63) is 68.3 Å². The lowest BCUT2D eigenvalue weighted by atomic mass is 10.1. The van der Waals surface area contributed by atoms with Gasteiger partial charge >= 0.3 is 0 Å². The molecule has 3 nitrogen and oxygen atoms in total. The minimum Gasteiger partial charge on any atom is -0.496 e. The molecule has 3 aromatic rings. The number of thiazole rings is 1. The molecule has 0 fully saturated rings. The molecule has 2 aromatic heterocycles. The predicted molar refractivity (Wildman–Crippen MR) is 97.4 cm³/mol. The molecule has 1 aromatic carbocycles. The Morgan fingerprint density at radius 2 is 2.09 bits per heavy atom. The van der Waals surface area contributed by atoms with Crippen LogP contribution in [0.3, 0.4) is 0 Å². The molecule has 0 saturated carbocycles. The Bertz CT molecular complexity index is 737. The van der Waals surface area contributed by atoms with Crippen LogP contribution < -0.4 is 10.1 Å². The van der Waals surface area contributed by atoms with E-state index in [-0.39, 0.29) is 6.04 Å². The number of rotatable bonds is 7. The molecular weight excluding hydrogens is 324 g/mol. The van der Waals surface area contributed by atoms with Crippen LogP contribution in [-0.4, -0.2) is 12.1 Å². The number of aromatic nitrogens is 1. The van der Waals surface area contributed by atoms with Crippen molar-refractivity contribution in [1.82, 2.24) is 10.3 Å². The highest BCUT2D eigenvalue weighted by Crippen LogP contribution is 2.25. The van der Waals surface area contributed by atoms with Gasteiger partial charge in [0.15, 0.2) is 0 Å². The fourth-order valence-corrected chi connectivity index (χ4v) is 4.06. The molecule has 1 unspecified atom stereocenters. The Morgan fingerprint density at radius 1 is 1.22 bits per heavy atom. The monoisotopic (exact) mass is 344 g/mol. The second-order valence-electron chi connectivity index (χ2n) is 5.41. The van der Waals surface area contributed by atoms with Crippen LogP contribution in [0, 0.1) is 6.92 Å². The van der Waals surface area contributed by atoms with Gasteiger partial charge < -0.3 is 10.1 Å². The minimum atomic E-state index is 0.216. The van der Waals surface area contributed by atoms with Gasteiger partial charge in [0, 0.05) is 23.2 Å². The first-order valence-corrected chi connectivity index (χ1v) is 9.37. The summed E-state index contributed by atoms with van der Waals surface area (Å²) in [5, 5.41) is 11.2. The Hall–Kier alpha value is -1.69. The van der Waals surface area contributed by atoms with Gasteiger partial charge in [-0.3, -0.25) is 0 Å². The maximum atomic E-state index is 5.44. The lowest BCUT2D eigenvalue weighted by Gasteiger charge is -2.17. The van der Waals surface area contributed by atoms with Crippen molar-refractivity contribution in [2.45, 2.75) is 25.9 Å². The van der Waals surface area contributed by atoms with Gasteiger partial charge in [-0.1, -0.05) is 18.2 Å². The van der Waals surface area contributed by atoms with Crippen molar-refractivity contribution in [3.63, 3.8) is 0 Å². The van der Waals surface area contributed by atoms with Crippen LogP contribution in [-0.2, 0) is 13.0 Å². The quantitative estimate of drug-likeness (QED) is 0.680. The highest BCUT2D eigenvalue weighted by molar-refractivity contribution is 7.09. The van der Waals surface area contributed by atoms with E-state index in [9.17, 15) is 0 Å². The van der Waals surface area contributed by atoms with Crippen molar-refractivity contribution in [2.24, 2.45) is 0 Å². The van der Waals surface area contributed by atoms with Crippen molar-refractivity contribution >= 4 is 22.7 Å². The van der Waals surface area contributed by atoms with E-state index in [1.165, 1.54) is 11.1 Å². The molecule has 0 amide bonds. The third-order valence-corrected chi connectivity index (χ3v) is 5.49. The molecule has 0 saturated heterocycles. The standard InChI is InChI=1S/C18H20N2OS2/c1-13-11-23-18(20-13)16(9-14-7-8-22-12-14)19-10-15-5-3-4-6-17(15)21-2/h3-8,11-12,16,19H,9-10H2,1-2H3. The zero-order valence-electron chi connectivity index (χ0n) is 13.3. The zero-order chi connectivity index (χ0) is 16.1. The van der Waals surface area contributed by atoms with Gasteiger partial charge in [-0.2, -0.15) is 11.3 Å². The van der Waals surface area contributed by atoms with Gasteiger partial charge in [0.1, 0.15) is 10.8 Å². The average Bonchev–Trinajstić information content (AvgIpc) is 3.23. The zero-order valence-corrected chi connectivity index (χ0v) is 14.9. The van der Waals surface area contributed by atoms with Gasteiger partial charge in [0.05, 0.1) is 13.2 Å². The van der Waals surface area contributed by atoms with Crippen LogP contribution >= 0.6 is 22.7 Å². The Labute approximate surface area is 145 Å². The number of hydrogen-bond donors (Lipinski definition) is 1. The van der Waals surface area contributed by atoms with E-state index < -0.39 is 0 Å². The number of aryl methyl sites for hydroxylation is 1.